The van der Waals surface area contributed by atoms with Gasteiger partial charge in [0, 0.05) is 50.8 Å². The van der Waals surface area contributed by atoms with Gasteiger partial charge in [0.15, 0.2) is 0 Å². The number of ether oxygens (including phenoxy) is 1. The fraction of sp³-hybridized carbons (Fsp3) is 0.476. The fourth-order valence-corrected chi connectivity index (χ4v) is 4.35. The minimum Gasteiger partial charge on any atom is -0.483 e. The van der Waals surface area contributed by atoms with Gasteiger partial charge in [-0.1, -0.05) is 0 Å². The molecule has 0 aliphatic carbocycles. The van der Waals surface area contributed by atoms with Gasteiger partial charge in [0.1, 0.15) is 23.6 Å². The third kappa shape index (κ3) is 6.05. The van der Waals surface area contributed by atoms with Crippen LogP contribution in [0, 0.1) is 6.92 Å². The smallest absolute Gasteiger partial charge is 0.290 e. The van der Waals surface area contributed by atoms with Crippen LogP contribution in [0.15, 0.2) is 24.8 Å². The number of hydrogen-bond acceptors (Lipinski definition) is 8. The molecule has 5 heterocycles. The first kappa shape index (κ1) is 24.1. The van der Waals surface area contributed by atoms with Crippen LogP contribution >= 0.6 is 0 Å². The molecule has 0 amide bonds. The predicted octanol–water partition coefficient (Wildman–Crippen LogP) is 1.26. The number of anilines is 1. The number of rotatable bonds is 3. The van der Waals surface area contributed by atoms with Crippen molar-refractivity contribution in [1.29, 1.82) is 0 Å². The number of aromatic nitrogens is 5. The summed E-state index contributed by atoms with van der Waals surface area (Å²) >= 11 is 0. The summed E-state index contributed by atoms with van der Waals surface area (Å²) in [6.45, 7) is 7.00. The number of aromatic amines is 2. The number of morpholine rings is 1. The summed E-state index contributed by atoms with van der Waals surface area (Å²) in [6.07, 6.45) is 7.59. The molecule has 0 bridgehead atoms. The van der Waals surface area contributed by atoms with Gasteiger partial charge >= 0.3 is 0 Å². The maximum atomic E-state index is 8.36. The molecule has 2 fully saturated rings. The molecule has 4 N–H and O–H groups in total. The van der Waals surface area contributed by atoms with E-state index in [1.807, 2.05) is 19.3 Å². The van der Waals surface area contributed by atoms with Crippen molar-refractivity contribution in [3.05, 3.63) is 36.3 Å². The number of piperidine rings is 1. The second kappa shape index (κ2) is 11.4. The van der Waals surface area contributed by atoms with Crippen molar-refractivity contribution < 1.29 is 24.5 Å². The average Bonchev–Trinajstić information content (AvgIpc) is 3.45. The first-order chi connectivity index (χ1) is 16.0. The molecule has 5 rings (SSSR count). The minimum absolute atomic E-state index is 0.0772. The molecule has 3 aromatic heterocycles. The summed E-state index contributed by atoms with van der Waals surface area (Å²) < 4.78 is 6.31. The topological polar surface area (TPSA) is 161 Å². The highest BCUT2D eigenvalue weighted by atomic mass is 16.5. The van der Waals surface area contributed by atoms with Gasteiger partial charge in [0.2, 0.25) is 0 Å². The maximum absolute atomic E-state index is 8.36. The molecule has 0 aromatic carbocycles. The van der Waals surface area contributed by atoms with E-state index < -0.39 is 0 Å². The lowest BCUT2D eigenvalue weighted by atomic mass is 9.89. The Morgan fingerprint density at radius 2 is 1.88 bits per heavy atom. The monoisotopic (exact) mass is 459 g/mol. The molecule has 2 aliphatic rings. The van der Waals surface area contributed by atoms with Crippen LogP contribution in [0.25, 0.3) is 11.0 Å². The van der Waals surface area contributed by atoms with Crippen LogP contribution in [0.3, 0.4) is 0 Å². The van der Waals surface area contributed by atoms with Crippen LogP contribution < -0.4 is 4.90 Å². The standard InChI is InChI=1S/C19H25N7O.2CH2O2/c1-14-21-10-15(24-14)11-25-6-3-19(4-7-25)12-26(8-9-27-19)18-16-2-5-20-17(16)22-13-23-18;2*2-1-3/h2,5,10,13H,3-4,6-9,11-12H2,1H3,(H,21,24)(H,20,22,23);2*1H,(H,2,3). The van der Waals surface area contributed by atoms with E-state index in [4.69, 9.17) is 24.5 Å². The summed E-state index contributed by atoms with van der Waals surface area (Å²) in [5.74, 6) is 1.99. The summed E-state index contributed by atoms with van der Waals surface area (Å²) in [7, 11) is 0. The van der Waals surface area contributed by atoms with E-state index in [0.717, 1.165) is 74.8 Å². The number of nitrogens with zero attached hydrogens (tertiary/aromatic N) is 5. The fourth-order valence-electron chi connectivity index (χ4n) is 4.35. The Hall–Kier alpha value is -3.51. The lowest BCUT2D eigenvalue weighted by molar-refractivity contribution is -0.123. The molecular formula is C21H29N7O5. The second-order valence-corrected chi connectivity index (χ2v) is 7.87. The van der Waals surface area contributed by atoms with E-state index in [0.29, 0.717) is 0 Å². The Bertz CT molecular complexity index is 1020. The minimum atomic E-state index is -0.250. The summed E-state index contributed by atoms with van der Waals surface area (Å²) in [5.41, 5.74) is 2.00. The lowest BCUT2D eigenvalue weighted by Crippen LogP contribution is -2.57. The molecule has 1 spiro atoms. The second-order valence-electron chi connectivity index (χ2n) is 7.87. The Balaban J connectivity index is 0.000000464. The Morgan fingerprint density at radius 1 is 1.15 bits per heavy atom. The number of aryl methyl sites for hydroxylation is 1. The van der Waals surface area contributed by atoms with Crippen LogP contribution in [0.2, 0.25) is 0 Å². The maximum Gasteiger partial charge on any atom is 0.290 e. The third-order valence-electron chi connectivity index (χ3n) is 5.80. The largest absolute Gasteiger partial charge is 0.483 e. The molecule has 0 saturated carbocycles. The molecule has 0 atom stereocenters. The number of imidazole rings is 1. The highest BCUT2D eigenvalue weighted by Gasteiger charge is 2.40. The van der Waals surface area contributed by atoms with Gasteiger partial charge in [0.05, 0.1) is 17.6 Å². The van der Waals surface area contributed by atoms with Gasteiger partial charge < -0.3 is 29.8 Å². The number of fused-ring (bicyclic) bond motifs is 1. The summed E-state index contributed by atoms with van der Waals surface area (Å²) in [5, 5.41) is 14.9. The Morgan fingerprint density at radius 3 is 2.55 bits per heavy atom. The Labute approximate surface area is 190 Å². The van der Waals surface area contributed by atoms with E-state index in [-0.39, 0.29) is 18.5 Å². The number of carboxylic acid groups (broad SMARTS) is 2. The average molecular weight is 460 g/mol. The van der Waals surface area contributed by atoms with Crippen molar-refractivity contribution >= 4 is 29.8 Å². The quantitative estimate of drug-likeness (QED) is 0.420. The van der Waals surface area contributed by atoms with Crippen LogP contribution in [0.4, 0.5) is 5.82 Å². The zero-order valence-electron chi connectivity index (χ0n) is 18.5. The number of H-pyrrole nitrogens is 2. The summed E-state index contributed by atoms with van der Waals surface area (Å²) in [6, 6.07) is 2.06. The van der Waals surface area contributed by atoms with Gasteiger partial charge in [-0.3, -0.25) is 14.5 Å². The molecule has 12 heteroatoms. The van der Waals surface area contributed by atoms with Gasteiger partial charge in [-0.15, -0.1) is 0 Å². The van der Waals surface area contributed by atoms with Crippen molar-refractivity contribution in [2.24, 2.45) is 0 Å². The van der Waals surface area contributed by atoms with Crippen molar-refractivity contribution in [3.63, 3.8) is 0 Å². The molecule has 33 heavy (non-hydrogen) atoms. The molecule has 0 radical (unpaired) electrons. The molecule has 3 aromatic rings. The van der Waals surface area contributed by atoms with Crippen molar-refractivity contribution in [2.75, 3.05) is 37.7 Å². The van der Waals surface area contributed by atoms with Gasteiger partial charge in [0.25, 0.3) is 12.9 Å². The molecule has 2 aliphatic heterocycles. The highest BCUT2D eigenvalue weighted by molar-refractivity contribution is 5.87. The van der Waals surface area contributed by atoms with E-state index >= 15 is 0 Å². The number of hydrogen-bond donors (Lipinski definition) is 4. The SMILES string of the molecule is Cc1ncc(CN2CCC3(CC2)CN(c2ncnc4[nH]ccc24)CCO3)[nH]1.O=CO.O=CO. The van der Waals surface area contributed by atoms with Crippen molar-refractivity contribution in [3.8, 4) is 0 Å². The van der Waals surface area contributed by atoms with Crippen LogP contribution in [0.1, 0.15) is 24.4 Å². The predicted molar refractivity (Wildman–Crippen MR) is 120 cm³/mol. The third-order valence-corrected chi connectivity index (χ3v) is 5.80. The van der Waals surface area contributed by atoms with Gasteiger partial charge in [-0.2, -0.15) is 0 Å². The number of carbonyl (C=O) groups is 2. The van der Waals surface area contributed by atoms with E-state index in [9.17, 15) is 0 Å². The van der Waals surface area contributed by atoms with Crippen LogP contribution in [0.5, 0.6) is 0 Å². The number of likely N-dealkylation sites (tertiary alicyclic amines) is 1. The lowest BCUT2D eigenvalue weighted by Gasteiger charge is -2.47. The normalized spacial score (nSPS) is 17.5. The first-order valence-electron chi connectivity index (χ1n) is 10.6. The molecule has 12 nitrogen and oxygen atoms in total. The summed E-state index contributed by atoms with van der Waals surface area (Å²) in [4.78, 5) is 41.3. The van der Waals surface area contributed by atoms with Crippen LogP contribution in [-0.4, -0.2) is 91.4 Å². The van der Waals surface area contributed by atoms with E-state index in [1.165, 1.54) is 5.69 Å². The zero-order valence-corrected chi connectivity index (χ0v) is 18.5. The zero-order chi connectivity index (χ0) is 23.7. The van der Waals surface area contributed by atoms with E-state index in [1.54, 1.807) is 6.33 Å². The van der Waals surface area contributed by atoms with Gasteiger partial charge in [-0.25, -0.2) is 15.0 Å². The molecule has 178 valence electrons. The highest BCUT2D eigenvalue weighted by Crippen LogP contribution is 2.33. The molecule has 0 unspecified atom stereocenters. The molecular weight excluding hydrogens is 430 g/mol. The first-order valence-corrected chi connectivity index (χ1v) is 10.6. The van der Waals surface area contributed by atoms with Crippen molar-refractivity contribution in [2.45, 2.75) is 31.9 Å². The van der Waals surface area contributed by atoms with Gasteiger partial charge in [-0.05, 0) is 25.8 Å². The van der Waals surface area contributed by atoms with Crippen molar-refractivity contribution in [1.82, 2.24) is 29.8 Å². The molecule has 2 saturated heterocycles. The van der Waals surface area contributed by atoms with E-state index in [2.05, 4.69) is 40.8 Å². The Kier molecular flexibility index (Phi) is 8.33. The number of nitrogens with one attached hydrogen (secondary N) is 2. The van der Waals surface area contributed by atoms with Crippen LogP contribution in [-0.2, 0) is 20.9 Å².